The van der Waals surface area contributed by atoms with Crippen LogP contribution in [0.15, 0.2) is 24.4 Å². The van der Waals surface area contributed by atoms with Crippen molar-refractivity contribution in [3.05, 3.63) is 30.8 Å². The van der Waals surface area contributed by atoms with Crippen molar-refractivity contribution in [3.8, 4) is 5.75 Å². The molecule has 0 atom stereocenters. The number of phenolic OH excluding ortho intramolecular Hbond substituents is 1. The Balaban J connectivity index is 2.58. The zero-order chi connectivity index (χ0) is 9.26. The zero-order valence-electron chi connectivity index (χ0n) is 7.44. The number of aromatic nitrogens is 2. The van der Waals surface area contributed by atoms with Crippen molar-refractivity contribution in [2.75, 3.05) is 0 Å². The molecule has 1 heterocycles. The van der Waals surface area contributed by atoms with Gasteiger partial charge in [0.1, 0.15) is 5.75 Å². The van der Waals surface area contributed by atoms with Crippen LogP contribution in [-0.2, 0) is 6.54 Å². The monoisotopic (exact) mass is 175 g/mol. The molecule has 0 aliphatic rings. The van der Waals surface area contributed by atoms with Crippen molar-refractivity contribution in [1.82, 2.24) is 9.78 Å². The molecule has 13 heavy (non-hydrogen) atoms. The lowest BCUT2D eigenvalue weighted by atomic mass is 10.2. The second-order valence-electron chi connectivity index (χ2n) is 2.98. The highest BCUT2D eigenvalue weighted by molar-refractivity contribution is 5.79. The first kappa shape index (κ1) is 8.10. The molecule has 0 unspecified atom stereocenters. The van der Waals surface area contributed by atoms with Gasteiger partial charge in [0, 0.05) is 18.0 Å². The molecular formula is C10H11N2O. The number of hydrogen-bond donors (Lipinski definition) is 1. The lowest BCUT2D eigenvalue weighted by molar-refractivity contribution is 0.475. The Hall–Kier alpha value is -1.51. The molecule has 0 spiro atoms. The Labute approximate surface area is 76.6 Å². The summed E-state index contributed by atoms with van der Waals surface area (Å²) in [6, 6.07) is 5.26. The molecule has 1 aromatic heterocycles. The van der Waals surface area contributed by atoms with E-state index in [1.165, 1.54) is 0 Å². The van der Waals surface area contributed by atoms with E-state index in [9.17, 15) is 5.11 Å². The highest BCUT2D eigenvalue weighted by atomic mass is 16.3. The number of aromatic hydroxyl groups is 1. The van der Waals surface area contributed by atoms with Gasteiger partial charge in [0.25, 0.3) is 0 Å². The van der Waals surface area contributed by atoms with Gasteiger partial charge in [-0.25, -0.2) is 0 Å². The quantitative estimate of drug-likeness (QED) is 0.757. The van der Waals surface area contributed by atoms with Gasteiger partial charge in [0.2, 0.25) is 0 Å². The van der Waals surface area contributed by atoms with Gasteiger partial charge in [-0.3, -0.25) is 4.68 Å². The summed E-state index contributed by atoms with van der Waals surface area (Å²) in [7, 11) is 0. The molecule has 67 valence electrons. The van der Waals surface area contributed by atoms with Crippen LogP contribution in [0.25, 0.3) is 10.9 Å². The SMILES string of the molecule is C[CH]Cn1ncc2ccc(O)cc21. The second kappa shape index (κ2) is 3.09. The average molecular weight is 175 g/mol. The van der Waals surface area contributed by atoms with Crippen molar-refractivity contribution in [3.63, 3.8) is 0 Å². The lowest BCUT2D eigenvalue weighted by Crippen LogP contribution is -1.98. The van der Waals surface area contributed by atoms with Crippen LogP contribution < -0.4 is 0 Å². The molecule has 0 saturated heterocycles. The summed E-state index contributed by atoms with van der Waals surface area (Å²) in [6.45, 7) is 2.75. The van der Waals surface area contributed by atoms with Crippen LogP contribution in [0.2, 0.25) is 0 Å². The highest BCUT2D eigenvalue weighted by Gasteiger charge is 2.01. The first-order valence-electron chi connectivity index (χ1n) is 4.23. The summed E-state index contributed by atoms with van der Waals surface area (Å²) in [6.07, 6.45) is 3.83. The van der Waals surface area contributed by atoms with Crippen LogP contribution in [-0.4, -0.2) is 14.9 Å². The summed E-state index contributed by atoms with van der Waals surface area (Å²) in [5.74, 6) is 0.283. The van der Waals surface area contributed by atoms with Crippen molar-refractivity contribution in [2.45, 2.75) is 13.5 Å². The summed E-state index contributed by atoms with van der Waals surface area (Å²) in [5.41, 5.74) is 0.970. The Morgan fingerprint density at radius 2 is 2.38 bits per heavy atom. The number of hydrogen-bond acceptors (Lipinski definition) is 2. The minimum Gasteiger partial charge on any atom is -0.508 e. The smallest absolute Gasteiger partial charge is 0.117 e. The third-order valence-corrected chi connectivity index (χ3v) is 1.98. The van der Waals surface area contributed by atoms with Gasteiger partial charge in [0.05, 0.1) is 11.7 Å². The fraction of sp³-hybridized carbons (Fsp3) is 0.200. The van der Waals surface area contributed by atoms with E-state index in [0.717, 1.165) is 17.4 Å². The fourth-order valence-corrected chi connectivity index (χ4v) is 1.38. The zero-order valence-corrected chi connectivity index (χ0v) is 7.44. The van der Waals surface area contributed by atoms with Crippen molar-refractivity contribution in [1.29, 1.82) is 0 Å². The minimum atomic E-state index is 0.283. The number of phenols is 1. The van der Waals surface area contributed by atoms with Crippen LogP contribution in [0.1, 0.15) is 6.92 Å². The normalized spacial score (nSPS) is 10.8. The van der Waals surface area contributed by atoms with Crippen LogP contribution in [0.4, 0.5) is 0 Å². The molecule has 0 bridgehead atoms. The molecule has 3 heteroatoms. The van der Waals surface area contributed by atoms with E-state index in [4.69, 9.17) is 0 Å². The molecule has 1 N–H and O–H groups in total. The van der Waals surface area contributed by atoms with Gasteiger partial charge in [-0.2, -0.15) is 5.10 Å². The number of benzene rings is 1. The molecule has 0 amide bonds. The molecule has 1 radical (unpaired) electrons. The molecule has 1 aromatic carbocycles. The van der Waals surface area contributed by atoms with Gasteiger partial charge in [-0.15, -0.1) is 0 Å². The summed E-state index contributed by atoms with van der Waals surface area (Å²) in [4.78, 5) is 0. The van der Waals surface area contributed by atoms with E-state index in [1.54, 1.807) is 18.3 Å². The van der Waals surface area contributed by atoms with Crippen LogP contribution >= 0.6 is 0 Å². The largest absolute Gasteiger partial charge is 0.508 e. The van der Waals surface area contributed by atoms with E-state index in [0.29, 0.717) is 0 Å². The van der Waals surface area contributed by atoms with Crippen LogP contribution in [0, 0.1) is 6.42 Å². The van der Waals surface area contributed by atoms with E-state index in [2.05, 4.69) is 5.10 Å². The first-order valence-corrected chi connectivity index (χ1v) is 4.23. The maximum absolute atomic E-state index is 9.29. The van der Waals surface area contributed by atoms with Gasteiger partial charge in [-0.05, 0) is 18.6 Å². The summed E-state index contributed by atoms with van der Waals surface area (Å²) < 4.78 is 1.86. The molecule has 3 nitrogen and oxygen atoms in total. The van der Waals surface area contributed by atoms with Gasteiger partial charge >= 0.3 is 0 Å². The highest BCUT2D eigenvalue weighted by Crippen LogP contribution is 2.19. The van der Waals surface area contributed by atoms with E-state index in [-0.39, 0.29) is 5.75 Å². The molecule has 0 fully saturated rings. The molecule has 0 aliphatic heterocycles. The van der Waals surface area contributed by atoms with Gasteiger partial charge in [-0.1, -0.05) is 6.92 Å². The molecular weight excluding hydrogens is 164 g/mol. The molecule has 0 saturated carbocycles. The van der Waals surface area contributed by atoms with Gasteiger partial charge in [0.15, 0.2) is 0 Å². The Morgan fingerprint density at radius 1 is 1.54 bits per heavy atom. The molecule has 2 aromatic rings. The molecule has 0 aliphatic carbocycles. The topological polar surface area (TPSA) is 38.0 Å². The van der Waals surface area contributed by atoms with E-state index < -0.39 is 0 Å². The van der Waals surface area contributed by atoms with Crippen LogP contribution in [0.5, 0.6) is 5.75 Å². The van der Waals surface area contributed by atoms with Crippen molar-refractivity contribution >= 4 is 10.9 Å². The van der Waals surface area contributed by atoms with Crippen molar-refractivity contribution < 1.29 is 5.11 Å². The van der Waals surface area contributed by atoms with Gasteiger partial charge < -0.3 is 5.11 Å². The Morgan fingerprint density at radius 3 is 3.15 bits per heavy atom. The average Bonchev–Trinajstić information content (AvgIpc) is 2.49. The standard InChI is InChI=1S/C10H11N2O/c1-2-5-12-10-6-9(13)4-3-8(10)7-11-12/h2-4,6-7,13H,5H2,1H3. The Bertz CT molecular complexity index is 420. The van der Waals surface area contributed by atoms with E-state index in [1.807, 2.05) is 24.1 Å². The predicted molar refractivity (Wildman–Crippen MR) is 51.4 cm³/mol. The molecule has 2 rings (SSSR count). The maximum atomic E-state index is 9.29. The van der Waals surface area contributed by atoms with Crippen molar-refractivity contribution in [2.24, 2.45) is 0 Å². The van der Waals surface area contributed by atoms with Crippen LogP contribution in [0.3, 0.4) is 0 Å². The maximum Gasteiger partial charge on any atom is 0.117 e. The number of fused-ring (bicyclic) bond motifs is 1. The summed E-state index contributed by atoms with van der Waals surface area (Å²) in [5, 5.41) is 14.5. The second-order valence-corrected chi connectivity index (χ2v) is 2.98. The van der Waals surface area contributed by atoms with E-state index >= 15 is 0 Å². The number of rotatable bonds is 2. The predicted octanol–water partition coefficient (Wildman–Crippen LogP) is 1.97. The summed E-state index contributed by atoms with van der Waals surface area (Å²) >= 11 is 0. The number of nitrogens with zero attached hydrogens (tertiary/aromatic N) is 2. The third-order valence-electron chi connectivity index (χ3n) is 1.98. The lowest BCUT2D eigenvalue weighted by Gasteiger charge is -2.00. The minimum absolute atomic E-state index is 0.283. The first-order chi connectivity index (χ1) is 6.31. The third kappa shape index (κ3) is 1.37. The fourth-order valence-electron chi connectivity index (χ4n) is 1.38. The Kier molecular flexibility index (Phi) is 1.93.